The summed E-state index contributed by atoms with van der Waals surface area (Å²) in [7, 11) is 2.91. The van der Waals surface area contributed by atoms with Crippen molar-refractivity contribution in [2.75, 3.05) is 20.8 Å². The van der Waals surface area contributed by atoms with Gasteiger partial charge >= 0.3 is 11.9 Å². The van der Waals surface area contributed by atoms with Crippen LogP contribution in [0.4, 0.5) is 0 Å². The van der Waals surface area contributed by atoms with Gasteiger partial charge in [-0.25, -0.2) is 14.6 Å². The summed E-state index contributed by atoms with van der Waals surface area (Å²) in [4.78, 5) is 35.4. The Morgan fingerprint density at radius 2 is 1.43 bits per heavy atom. The summed E-state index contributed by atoms with van der Waals surface area (Å²) in [5.74, 6) is -0.147. The van der Waals surface area contributed by atoms with Crippen molar-refractivity contribution in [1.82, 2.24) is 0 Å². The first-order chi connectivity index (χ1) is 19.5. The molecular weight excluding hydrogens is 520 g/mol. The Balaban J connectivity index is 1.70. The molecule has 0 unspecified atom stereocenters. The van der Waals surface area contributed by atoms with E-state index in [0.29, 0.717) is 17.1 Å². The highest BCUT2D eigenvalue weighted by molar-refractivity contribution is 5.89. The summed E-state index contributed by atoms with van der Waals surface area (Å²) in [6.07, 6.45) is -5.24. The van der Waals surface area contributed by atoms with Crippen LogP contribution < -0.4 is 9.47 Å². The Labute approximate surface area is 232 Å². The fourth-order valence-corrected chi connectivity index (χ4v) is 4.21. The zero-order valence-electron chi connectivity index (χ0n) is 22.5. The maximum atomic E-state index is 13.2. The van der Waals surface area contributed by atoms with Gasteiger partial charge in [-0.1, -0.05) is 48.5 Å². The van der Waals surface area contributed by atoms with Crippen molar-refractivity contribution in [3.8, 4) is 11.5 Å². The number of benzene rings is 3. The van der Waals surface area contributed by atoms with Gasteiger partial charge in [0.1, 0.15) is 30.3 Å². The number of hydrogen-bond donors (Lipinski definition) is 0. The molecule has 0 saturated carbocycles. The van der Waals surface area contributed by atoms with E-state index in [1.807, 2.05) is 30.3 Å². The molecule has 10 heteroatoms. The molecule has 1 aliphatic heterocycles. The summed E-state index contributed by atoms with van der Waals surface area (Å²) >= 11 is 0. The van der Waals surface area contributed by atoms with Crippen LogP contribution in [0.15, 0.2) is 84.9 Å². The molecule has 0 aliphatic carbocycles. The molecular formula is C30H32O10. The third kappa shape index (κ3) is 7.80. The van der Waals surface area contributed by atoms with E-state index in [0.717, 1.165) is 5.56 Å². The van der Waals surface area contributed by atoms with Crippen molar-refractivity contribution >= 4 is 11.9 Å². The Kier molecular flexibility index (Phi) is 10.5. The lowest BCUT2D eigenvalue weighted by atomic mass is 9.98. The van der Waals surface area contributed by atoms with Crippen LogP contribution in [0.2, 0.25) is 0 Å². The van der Waals surface area contributed by atoms with Gasteiger partial charge < -0.3 is 28.4 Å². The van der Waals surface area contributed by atoms with Crippen LogP contribution in [0.5, 0.6) is 11.5 Å². The van der Waals surface area contributed by atoms with Crippen molar-refractivity contribution in [1.29, 1.82) is 0 Å². The highest BCUT2D eigenvalue weighted by atomic mass is 17.2. The number of carbonyl (C=O) groups excluding carboxylic acids is 2. The molecule has 212 valence electrons. The molecule has 0 spiro atoms. The first-order valence-electron chi connectivity index (χ1n) is 12.7. The van der Waals surface area contributed by atoms with Crippen LogP contribution >= 0.6 is 0 Å². The van der Waals surface area contributed by atoms with E-state index in [-0.39, 0.29) is 13.2 Å². The van der Waals surface area contributed by atoms with Crippen LogP contribution in [0.1, 0.15) is 22.8 Å². The van der Waals surface area contributed by atoms with E-state index in [9.17, 15) is 9.59 Å². The SMILES string of the molecule is COOC[C@H]1O[C@@H](Oc2ccc(OC)cc2)[C@H](OC(=O)c2ccccc2)[C@@H](OCc2ccccc2)[C@@H]1OC(C)=O. The van der Waals surface area contributed by atoms with Gasteiger partial charge in [-0.2, -0.15) is 0 Å². The maximum absolute atomic E-state index is 13.2. The van der Waals surface area contributed by atoms with Crippen LogP contribution in [0, 0.1) is 0 Å². The molecule has 0 amide bonds. The first-order valence-corrected chi connectivity index (χ1v) is 12.7. The number of ether oxygens (including phenoxy) is 6. The standard InChI is InChI=1S/C30H32O10/c1-20(31)37-26-25(19-36-34-3)39-30(38-24-16-14-23(33-2)15-17-24)28(40-29(32)22-12-8-5-9-13-22)27(26)35-18-21-10-6-4-7-11-21/h4-17,25-28,30H,18-19H2,1-3H3/t25-,26-,27+,28-,30-/m1/s1. The number of rotatable bonds is 12. The van der Waals surface area contributed by atoms with Gasteiger partial charge in [-0.15, -0.1) is 0 Å². The lowest BCUT2D eigenvalue weighted by molar-refractivity contribution is -0.333. The number of methoxy groups -OCH3 is 1. The average Bonchev–Trinajstić information content (AvgIpc) is 2.98. The highest BCUT2D eigenvalue weighted by Crippen LogP contribution is 2.32. The normalized spacial score (nSPS) is 22.2. The molecule has 0 N–H and O–H groups in total. The van der Waals surface area contributed by atoms with E-state index in [2.05, 4.69) is 0 Å². The van der Waals surface area contributed by atoms with Gasteiger partial charge in [0.2, 0.25) is 6.29 Å². The minimum absolute atomic E-state index is 0.124. The smallest absolute Gasteiger partial charge is 0.338 e. The zero-order chi connectivity index (χ0) is 28.3. The average molecular weight is 553 g/mol. The minimum Gasteiger partial charge on any atom is -0.497 e. The maximum Gasteiger partial charge on any atom is 0.338 e. The molecule has 1 aliphatic rings. The third-order valence-electron chi connectivity index (χ3n) is 6.09. The van der Waals surface area contributed by atoms with Crippen LogP contribution in [0.3, 0.4) is 0 Å². The number of esters is 2. The summed E-state index contributed by atoms with van der Waals surface area (Å²) in [6.45, 7) is 1.28. The quantitative estimate of drug-likeness (QED) is 0.185. The van der Waals surface area contributed by atoms with E-state index >= 15 is 0 Å². The topological polar surface area (TPSA) is 108 Å². The van der Waals surface area contributed by atoms with E-state index in [4.69, 9.17) is 38.2 Å². The molecule has 0 radical (unpaired) electrons. The second-order valence-electron chi connectivity index (χ2n) is 8.86. The van der Waals surface area contributed by atoms with Crippen LogP contribution in [0.25, 0.3) is 0 Å². The van der Waals surface area contributed by atoms with E-state index in [1.54, 1.807) is 61.7 Å². The summed E-state index contributed by atoms with van der Waals surface area (Å²) in [6, 6.07) is 24.8. The van der Waals surface area contributed by atoms with Gasteiger partial charge in [0.15, 0.2) is 12.2 Å². The molecule has 10 nitrogen and oxygen atoms in total. The lowest BCUT2D eigenvalue weighted by Gasteiger charge is -2.44. The Morgan fingerprint density at radius 3 is 2.05 bits per heavy atom. The molecule has 3 aromatic carbocycles. The predicted octanol–water partition coefficient (Wildman–Crippen LogP) is 4.12. The molecule has 3 aromatic rings. The summed E-state index contributed by atoms with van der Waals surface area (Å²) < 4.78 is 35.6. The Hall–Kier alpha value is -3.96. The van der Waals surface area contributed by atoms with Gasteiger partial charge in [0, 0.05) is 6.92 Å². The Morgan fingerprint density at radius 1 is 0.775 bits per heavy atom. The van der Waals surface area contributed by atoms with Crippen molar-refractivity contribution in [3.63, 3.8) is 0 Å². The second-order valence-corrected chi connectivity index (χ2v) is 8.86. The third-order valence-corrected chi connectivity index (χ3v) is 6.09. The van der Waals surface area contributed by atoms with Crippen molar-refractivity contribution in [2.24, 2.45) is 0 Å². The molecule has 40 heavy (non-hydrogen) atoms. The number of carbonyl (C=O) groups is 2. The van der Waals surface area contributed by atoms with Gasteiger partial charge in [0.05, 0.1) is 26.4 Å². The molecule has 0 bridgehead atoms. The molecule has 5 atom stereocenters. The van der Waals surface area contributed by atoms with Crippen LogP contribution in [-0.2, 0) is 40.1 Å². The summed E-state index contributed by atoms with van der Waals surface area (Å²) in [5.41, 5.74) is 1.18. The molecule has 1 heterocycles. The Bertz CT molecular complexity index is 1200. The van der Waals surface area contributed by atoms with Gasteiger partial charge in [-0.05, 0) is 42.0 Å². The van der Waals surface area contributed by atoms with Gasteiger partial charge in [-0.3, -0.25) is 4.79 Å². The number of hydrogen-bond acceptors (Lipinski definition) is 10. The first kappa shape index (κ1) is 29.0. The molecule has 1 saturated heterocycles. The molecule has 1 fully saturated rings. The lowest BCUT2D eigenvalue weighted by Crippen LogP contribution is -2.63. The van der Waals surface area contributed by atoms with E-state index < -0.39 is 42.6 Å². The molecule has 4 rings (SSSR count). The van der Waals surface area contributed by atoms with Crippen molar-refractivity contribution in [2.45, 2.75) is 44.2 Å². The monoisotopic (exact) mass is 552 g/mol. The van der Waals surface area contributed by atoms with Crippen molar-refractivity contribution < 1.29 is 47.8 Å². The minimum atomic E-state index is -1.17. The highest BCUT2D eigenvalue weighted by Gasteiger charge is 2.52. The zero-order valence-corrected chi connectivity index (χ0v) is 22.5. The van der Waals surface area contributed by atoms with Gasteiger partial charge in [0.25, 0.3) is 0 Å². The summed E-state index contributed by atoms with van der Waals surface area (Å²) in [5, 5.41) is 0. The predicted molar refractivity (Wildman–Crippen MR) is 141 cm³/mol. The molecule has 0 aromatic heterocycles. The van der Waals surface area contributed by atoms with Crippen LogP contribution in [-0.4, -0.2) is 63.5 Å². The van der Waals surface area contributed by atoms with E-state index in [1.165, 1.54) is 14.0 Å². The van der Waals surface area contributed by atoms with Crippen molar-refractivity contribution in [3.05, 3.63) is 96.1 Å². The fourth-order valence-electron chi connectivity index (χ4n) is 4.21. The fraction of sp³-hybridized carbons (Fsp3) is 0.333. The second kappa shape index (κ2) is 14.4. The largest absolute Gasteiger partial charge is 0.497 e.